The van der Waals surface area contributed by atoms with Gasteiger partial charge in [0.2, 0.25) is 0 Å². The summed E-state index contributed by atoms with van der Waals surface area (Å²) in [5.41, 5.74) is 2.03. The van der Waals surface area contributed by atoms with Gasteiger partial charge in [0.05, 0.1) is 4.92 Å². The van der Waals surface area contributed by atoms with Gasteiger partial charge >= 0.3 is 0 Å². The van der Waals surface area contributed by atoms with Gasteiger partial charge in [-0.25, -0.2) is 0 Å². The van der Waals surface area contributed by atoms with Crippen LogP contribution in [0.4, 0.5) is 5.69 Å². The highest BCUT2D eigenvalue weighted by molar-refractivity contribution is 6.74. The molecule has 0 saturated carbocycles. The number of nitro groups is 1. The molecule has 2 rings (SSSR count). The van der Waals surface area contributed by atoms with Crippen LogP contribution in [-0.4, -0.2) is 13.2 Å². The van der Waals surface area contributed by atoms with Crippen LogP contribution in [0.25, 0.3) is 11.8 Å². The van der Waals surface area contributed by atoms with Crippen molar-refractivity contribution in [2.45, 2.75) is 38.9 Å². The summed E-state index contributed by atoms with van der Waals surface area (Å²) in [4.78, 5) is 10.4. The van der Waals surface area contributed by atoms with Crippen molar-refractivity contribution < 1.29 is 9.35 Å². The Hall–Kier alpha value is -2.66. The van der Waals surface area contributed by atoms with Crippen molar-refractivity contribution in [3.63, 3.8) is 0 Å². The maximum atomic E-state index is 10.8. The molecule has 0 heterocycles. The van der Waals surface area contributed by atoms with Crippen molar-refractivity contribution in [2.24, 2.45) is 0 Å². The fourth-order valence-electron chi connectivity index (χ4n) is 2.17. The summed E-state index contributed by atoms with van der Waals surface area (Å²) >= 11 is 0. The third-order valence-corrected chi connectivity index (χ3v) is 9.21. The van der Waals surface area contributed by atoms with E-state index in [9.17, 15) is 10.1 Å². The van der Waals surface area contributed by atoms with Crippen molar-refractivity contribution in [1.82, 2.24) is 0 Å². The lowest BCUT2D eigenvalue weighted by molar-refractivity contribution is -0.384. The average molecular weight is 382 g/mol. The molecule has 0 fully saturated rings. The first-order valence-corrected chi connectivity index (χ1v) is 11.9. The van der Waals surface area contributed by atoms with E-state index < -0.39 is 13.2 Å². The maximum Gasteiger partial charge on any atom is 0.269 e. The van der Waals surface area contributed by atoms with E-state index in [4.69, 9.17) is 4.43 Å². The van der Waals surface area contributed by atoms with Crippen molar-refractivity contribution in [3.05, 3.63) is 88.0 Å². The SMILES string of the molecule is CC(C)(C)[Si](C)(C)O/C(=C/C=C/c1ccc([N+](=O)[O-])cc1)c1ccccc1. The summed E-state index contributed by atoms with van der Waals surface area (Å²) in [7, 11) is -1.98. The monoisotopic (exact) mass is 381 g/mol. The highest BCUT2D eigenvalue weighted by Gasteiger charge is 2.39. The summed E-state index contributed by atoms with van der Waals surface area (Å²) in [6.45, 7) is 11.1. The van der Waals surface area contributed by atoms with Crippen molar-refractivity contribution in [1.29, 1.82) is 0 Å². The zero-order chi connectivity index (χ0) is 20.1. The number of hydrogen-bond donors (Lipinski definition) is 0. The van der Waals surface area contributed by atoms with Crippen molar-refractivity contribution in [3.8, 4) is 0 Å². The molecule has 0 atom stereocenters. The van der Waals surface area contributed by atoms with Gasteiger partial charge in [0.1, 0.15) is 5.76 Å². The molecule has 0 saturated heterocycles. The normalized spacial score (nSPS) is 13.0. The van der Waals surface area contributed by atoms with Gasteiger partial charge in [0, 0.05) is 17.7 Å². The Balaban J connectivity index is 2.29. The molecule has 0 radical (unpaired) electrons. The van der Waals surface area contributed by atoms with Crippen LogP contribution in [0.1, 0.15) is 31.9 Å². The predicted molar refractivity (Wildman–Crippen MR) is 115 cm³/mol. The number of nitro benzene ring substituents is 1. The molecule has 27 heavy (non-hydrogen) atoms. The van der Waals surface area contributed by atoms with Crippen LogP contribution in [0.5, 0.6) is 0 Å². The van der Waals surface area contributed by atoms with Gasteiger partial charge in [0.25, 0.3) is 14.0 Å². The maximum absolute atomic E-state index is 10.8. The lowest BCUT2D eigenvalue weighted by atomic mass is 10.1. The lowest BCUT2D eigenvalue weighted by Crippen LogP contribution is -2.40. The Labute approximate surface area is 162 Å². The third kappa shape index (κ3) is 5.66. The van der Waals surface area contributed by atoms with E-state index in [1.54, 1.807) is 12.1 Å². The zero-order valence-corrected chi connectivity index (χ0v) is 17.6. The summed E-state index contributed by atoms with van der Waals surface area (Å²) in [6.07, 6.45) is 5.82. The second-order valence-corrected chi connectivity index (χ2v) is 12.7. The van der Waals surface area contributed by atoms with Gasteiger partial charge in [-0.3, -0.25) is 10.1 Å². The molecule has 2 aromatic rings. The molecule has 5 heteroatoms. The van der Waals surface area contributed by atoms with Gasteiger partial charge in [-0.2, -0.15) is 0 Å². The number of non-ortho nitro benzene ring substituents is 1. The molecule has 2 aromatic carbocycles. The lowest BCUT2D eigenvalue weighted by Gasteiger charge is -2.37. The smallest absolute Gasteiger partial charge is 0.269 e. The molecule has 0 aliphatic carbocycles. The Morgan fingerprint density at radius 2 is 1.63 bits per heavy atom. The van der Waals surface area contributed by atoms with Crippen LogP contribution in [0.15, 0.2) is 66.7 Å². The molecule has 0 unspecified atom stereocenters. The molecular formula is C22H27NO3Si. The number of allylic oxidation sites excluding steroid dienone is 2. The molecule has 0 aromatic heterocycles. The number of benzene rings is 2. The van der Waals surface area contributed by atoms with Gasteiger partial charge in [-0.05, 0) is 41.9 Å². The molecular weight excluding hydrogens is 354 g/mol. The Morgan fingerprint density at radius 1 is 1.04 bits per heavy atom. The minimum Gasteiger partial charge on any atom is -0.543 e. The van der Waals surface area contributed by atoms with Crippen LogP contribution in [-0.2, 0) is 4.43 Å². The van der Waals surface area contributed by atoms with Crippen molar-refractivity contribution in [2.75, 3.05) is 0 Å². The third-order valence-electron chi connectivity index (χ3n) is 4.87. The van der Waals surface area contributed by atoms with Crippen molar-refractivity contribution >= 4 is 25.8 Å². The first-order chi connectivity index (χ1) is 12.6. The zero-order valence-electron chi connectivity index (χ0n) is 16.6. The second-order valence-electron chi connectivity index (χ2n) is 7.97. The molecule has 0 aliphatic heterocycles. The molecule has 0 aliphatic rings. The summed E-state index contributed by atoms with van der Waals surface area (Å²) in [5.74, 6) is 0.848. The largest absolute Gasteiger partial charge is 0.543 e. The first-order valence-electron chi connectivity index (χ1n) is 8.97. The van der Waals surface area contributed by atoms with Crippen LogP contribution >= 0.6 is 0 Å². The van der Waals surface area contributed by atoms with Crippen LogP contribution in [0.2, 0.25) is 18.1 Å². The molecule has 0 amide bonds. The summed E-state index contributed by atoms with van der Waals surface area (Å²) in [6, 6.07) is 16.5. The number of hydrogen-bond acceptors (Lipinski definition) is 3. The van der Waals surface area contributed by atoms with E-state index in [2.05, 4.69) is 33.9 Å². The topological polar surface area (TPSA) is 52.4 Å². The predicted octanol–water partition coefficient (Wildman–Crippen LogP) is 6.67. The molecule has 0 spiro atoms. The molecule has 4 nitrogen and oxygen atoms in total. The van der Waals surface area contributed by atoms with Crippen LogP contribution in [0.3, 0.4) is 0 Å². The van der Waals surface area contributed by atoms with E-state index in [-0.39, 0.29) is 10.7 Å². The standard InChI is InChI=1S/C22H27NO3Si/c1-22(2,3)27(4,5)26-21(19-11-7-6-8-12-19)13-9-10-18-14-16-20(17-15-18)23(24)25/h6-17H,1-5H3/b10-9+,21-13+. The quantitative estimate of drug-likeness (QED) is 0.184. The van der Waals surface area contributed by atoms with Gasteiger partial charge in [-0.15, -0.1) is 0 Å². The fraction of sp³-hybridized carbons (Fsp3) is 0.273. The number of rotatable bonds is 6. The second kappa shape index (κ2) is 8.35. The van der Waals surface area contributed by atoms with Crippen LogP contribution < -0.4 is 0 Å². The Kier molecular flexibility index (Phi) is 6.39. The summed E-state index contributed by atoms with van der Waals surface area (Å²) < 4.78 is 6.54. The van der Waals surface area contributed by atoms with Crippen LogP contribution in [0, 0.1) is 10.1 Å². The minimum absolute atomic E-state index is 0.0916. The Morgan fingerprint density at radius 3 is 2.15 bits per heavy atom. The molecule has 0 N–H and O–H groups in total. The molecule has 0 bridgehead atoms. The average Bonchev–Trinajstić information content (AvgIpc) is 2.61. The minimum atomic E-state index is -1.98. The summed E-state index contributed by atoms with van der Waals surface area (Å²) in [5, 5.41) is 10.9. The van der Waals surface area contributed by atoms with E-state index in [1.807, 2.05) is 48.6 Å². The fourth-order valence-corrected chi connectivity index (χ4v) is 3.22. The highest BCUT2D eigenvalue weighted by Crippen LogP contribution is 2.39. The van der Waals surface area contributed by atoms with E-state index in [1.165, 1.54) is 12.1 Å². The molecule has 142 valence electrons. The van der Waals surface area contributed by atoms with E-state index >= 15 is 0 Å². The van der Waals surface area contributed by atoms with E-state index in [0.717, 1.165) is 16.9 Å². The van der Waals surface area contributed by atoms with Gasteiger partial charge in [-0.1, -0.05) is 63.3 Å². The van der Waals surface area contributed by atoms with E-state index in [0.29, 0.717) is 0 Å². The Bertz CT molecular complexity index is 832. The van der Waals surface area contributed by atoms with Gasteiger partial charge in [0.15, 0.2) is 0 Å². The highest BCUT2D eigenvalue weighted by atomic mass is 28.4. The van der Waals surface area contributed by atoms with Gasteiger partial charge < -0.3 is 4.43 Å². The number of nitrogens with zero attached hydrogens (tertiary/aromatic N) is 1. The first kappa shape index (κ1) is 20.6.